The van der Waals surface area contributed by atoms with Gasteiger partial charge in [0.05, 0.1) is 28.2 Å². The van der Waals surface area contributed by atoms with E-state index in [1.54, 1.807) is 5.51 Å². The number of rotatable bonds is 10. The molecule has 1 aromatic heterocycles. The predicted octanol–water partition coefficient (Wildman–Crippen LogP) is 3.59. The average molecular weight is 587 g/mol. The minimum atomic E-state index is -0.851. The van der Waals surface area contributed by atoms with E-state index in [0.717, 1.165) is 16.0 Å². The molecule has 2 heterocycles. The Balaban J connectivity index is 1.68. The minimum Gasteiger partial charge on any atom is -0.459 e. The highest BCUT2D eigenvalue weighted by Gasteiger charge is 2.44. The smallest absolute Gasteiger partial charge is 0.306 e. The molecule has 3 N–H and O–H groups in total. The lowest BCUT2D eigenvalue weighted by Crippen LogP contribution is -2.57. The molecule has 3 rings (SSSR count). The molecule has 4 atom stereocenters. The Hall–Kier alpha value is -3.31. The number of hydrogen-bond donors (Lipinski definition) is 3. The van der Waals surface area contributed by atoms with Crippen molar-refractivity contribution in [3.8, 4) is 10.4 Å². The molecule has 11 heteroatoms. The summed E-state index contributed by atoms with van der Waals surface area (Å²) in [6.45, 7) is 12.8. The predicted molar refractivity (Wildman–Crippen MR) is 157 cm³/mol. The number of thiazole rings is 1. The molecule has 0 spiro atoms. The summed E-state index contributed by atoms with van der Waals surface area (Å²) in [5.74, 6) is -1.13. The number of esters is 1. The first kappa shape index (κ1) is 32.2. The number of carbonyl (C=O) groups excluding carboxylic acids is 4. The highest BCUT2D eigenvalue weighted by atomic mass is 32.1. The summed E-state index contributed by atoms with van der Waals surface area (Å²) >= 11 is 1.46. The fourth-order valence-corrected chi connectivity index (χ4v) is 5.59. The van der Waals surface area contributed by atoms with Gasteiger partial charge in [-0.3, -0.25) is 19.2 Å². The molecule has 2 aromatic rings. The van der Waals surface area contributed by atoms with Gasteiger partial charge in [-0.1, -0.05) is 58.9 Å². The number of β-amino-alcohol motifs (C(OH)–C–C–N with tert-alkyl or cyclic N) is 1. The molecule has 0 saturated carbocycles. The van der Waals surface area contributed by atoms with E-state index in [2.05, 4.69) is 15.6 Å². The number of amides is 3. The van der Waals surface area contributed by atoms with Crippen LogP contribution in [-0.4, -0.2) is 63.4 Å². The molecule has 3 amide bonds. The maximum atomic E-state index is 13.4. The summed E-state index contributed by atoms with van der Waals surface area (Å²) in [4.78, 5) is 57.2. The summed E-state index contributed by atoms with van der Waals surface area (Å²) in [5.41, 5.74) is 3.61. The van der Waals surface area contributed by atoms with Crippen LogP contribution in [-0.2, 0) is 30.5 Å². The van der Waals surface area contributed by atoms with Crippen LogP contribution >= 0.6 is 11.3 Å². The zero-order chi connectivity index (χ0) is 30.5. The van der Waals surface area contributed by atoms with Gasteiger partial charge in [-0.15, -0.1) is 11.3 Å². The second-order valence-electron chi connectivity index (χ2n) is 12.1. The lowest BCUT2D eigenvalue weighted by molar-refractivity contribution is -0.145. The van der Waals surface area contributed by atoms with Crippen molar-refractivity contribution in [2.24, 2.45) is 11.3 Å². The molecule has 1 aromatic carbocycles. The van der Waals surface area contributed by atoms with Gasteiger partial charge in [0.25, 0.3) is 0 Å². The van der Waals surface area contributed by atoms with E-state index in [1.165, 1.54) is 23.2 Å². The summed E-state index contributed by atoms with van der Waals surface area (Å²) in [7, 11) is 0. The minimum absolute atomic E-state index is 0.0239. The van der Waals surface area contributed by atoms with Crippen molar-refractivity contribution in [1.82, 2.24) is 20.5 Å². The molecular weight excluding hydrogens is 544 g/mol. The van der Waals surface area contributed by atoms with Crippen LogP contribution in [0, 0.1) is 11.3 Å². The Morgan fingerprint density at radius 2 is 1.78 bits per heavy atom. The molecule has 41 heavy (non-hydrogen) atoms. The third-order valence-corrected chi connectivity index (χ3v) is 7.86. The fraction of sp³-hybridized carbons (Fsp3) is 0.567. The standard InChI is InChI=1S/C30H42N4O6S/c1-17(2)12-25(37)40-15-23-26(41-16-31-23)21-10-8-20(9-11-21)18(3)32-28(38)24-13-22(36)14-34(24)29(39)27(30(5,6)7)33-19(4)35/h8-11,16-18,22,24,27,36H,12-15H2,1-7H3,(H,32,38)(H,33,35). The van der Waals surface area contributed by atoms with Crippen molar-refractivity contribution in [2.75, 3.05) is 6.54 Å². The lowest BCUT2D eigenvalue weighted by atomic mass is 9.85. The van der Waals surface area contributed by atoms with Crippen molar-refractivity contribution in [2.45, 2.75) is 92.1 Å². The van der Waals surface area contributed by atoms with Crippen LogP contribution in [0.1, 0.15) is 78.6 Å². The van der Waals surface area contributed by atoms with Gasteiger partial charge in [0.15, 0.2) is 0 Å². The van der Waals surface area contributed by atoms with Gasteiger partial charge in [0.1, 0.15) is 18.7 Å². The molecule has 0 radical (unpaired) electrons. The zero-order valence-electron chi connectivity index (χ0n) is 24.9. The van der Waals surface area contributed by atoms with Crippen molar-refractivity contribution < 1.29 is 29.0 Å². The molecule has 4 unspecified atom stereocenters. The Labute approximate surface area is 245 Å². The molecular formula is C30H42N4O6S. The van der Waals surface area contributed by atoms with Crippen molar-refractivity contribution >= 4 is 35.0 Å². The summed E-state index contributed by atoms with van der Waals surface area (Å²) in [6, 6.07) is 5.64. The van der Waals surface area contributed by atoms with Crippen LogP contribution in [0.15, 0.2) is 29.8 Å². The quantitative estimate of drug-likeness (QED) is 0.362. The van der Waals surface area contributed by atoms with E-state index in [4.69, 9.17) is 4.74 Å². The fourth-order valence-electron chi connectivity index (χ4n) is 4.79. The number of nitrogens with zero attached hydrogens (tertiary/aromatic N) is 2. The van der Waals surface area contributed by atoms with Gasteiger partial charge in [-0.2, -0.15) is 0 Å². The van der Waals surface area contributed by atoms with E-state index in [1.807, 2.05) is 65.8 Å². The summed E-state index contributed by atoms with van der Waals surface area (Å²) in [5, 5.41) is 16.0. The molecule has 1 fully saturated rings. The molecule has 0 aliphatic carbocycles. The van der Waals surface area contributed by atoms with Gasteiger partial charge in [-0.05, 0) is 29.4 Å². The molecule has 1 aliphatic rings. The molecule has 1 aliphatic heterocycles. The molecule has 224 valence electrons. The lowest BCUT2D eigenvalue weighted by Gasteiger charge is -2.35. The number of ether oxygens (including phenoxy) is 1. The van der Waals surface area contributed by atoms with E-state index in [0.29, 0.717) is 12.1 Å². The first-order chi connectivity index (χ1) is 19.2. The van der Waals surface area contributed by atoms with Crippen LogP contribution in [0.3, 0.4) is 0 Å². The van der Waals surface area contributed by atoms with Crippen molar-refractivity contribution in [3.63, 3.8) is 0 Å². The van der Waals surface area contributed by atoms with Crippen LogP contribution < -0.4 is 10.6 Å². The van der Waals surface area contributed by atoms with Gasteiger partial charge < -0.3 is 25.4 Å². The molecule has 10 nitrogen and oxygen atoms in total. The number of aliphatic hydroxyl groups excluding tert-OH is 1. The third-order valence-electron chi connectivity index (χ3n) is 6.94. The number of hydrogen-bond acceptors (Lipinski definition) is 8. The Morgan fingerprint density at radius 1 is 1.12 bits per heavy atom. The highest BCUT2D eigenvalue weighted by Crippen LogP contribution is 2.30. The van der Waals surface area contributed by atoms with Gasteiger partial charge >= 0.3 is 5.97 Å². The van der Waals surface area contributed by atoms with Crippen LogP contribution in [0.5, 0.6) is 0 Å². The van der Waals surface area contributed by atoms with E-state index >= 15 is 0 Å². The van der Waals surface area contributed by atoms with Gasteiger partial charge in [0, 0.05) is 26.3 Å². The van der Waals surface area contributed by atoms with Gasteiger partial charge in [-0.25, -0.2) is 4.98 Å². The number of likely N-dealkylation sites (tertiary alicyclic amines) is 1. The van der Waals surface area contributed by atoms with Crippen molar-refractivity contribution in [3.05, 3.63) is 41.0 Å². The number of aromatic nitrogens is 1. The van der Waals surface area contributed by atoms with Crippen LogP contribution in [0.4, 0.5) is 0 Å². The topological polar surface area (TPSA) is 138 Å². The summed E-state index contributed by atoms with van der Waals surface area (Å²) < 4.78 is 5.39. The Morgan fingerprint density at radius 3 is 2.37 bits per heavy atom. The SMILES string of the molecule is CC(=O)NC(C(=O)N1CC(O)CC1C(=O)NC(C)c1ccc(-c2scnc2COC(=O)CC(C)C)cc1)C(C)(C)C. The van der Waals surface area contributed by atoms with E-state index in [-0.39, 0.29) is 49.3 Å². The van der Waals surface area contributed by atoms with Crippen LogP contribution in [0.2, 0.25) is 0 Å². The van der Waals surface area contributed by atoms with Crippen LogP contribution in [0.25, 0.3) is 10.4 Å². The second-order valence-corrected chi connectivity index (χ2v) is 13.0. The second kappa shape index (κ2) is 13.6. The van der Waals surface area contributed by atoms with E-state index < -0.39 is 29.5 Å². The normalized spacial score (nSPS) is 18.6. The van der Waals surface area contributed by atoms with E-state index in [9.17, 15) is 24.3 Å². The zero-order valence-corrected chi connectivity index (χ0v) is 25.7. The monoisotopic (exact) mass is 586 g/mol. The Kier molecular flexibility index (Phi) is 10.7. The first-order valence-electron chi connectivity index (χ1n) is 13.9. The number of benzene rings is 1. The largest absolute Gasteiger partial charge is 0.459 e. The average Bonchev–Trinajstić information content (AvgIpc) is 3.51. The summed E-state index contributed by atoms with van der Waals surface area (Å²) in [6.07, 6.45) is -0.355. The Bertz CT molecular complexity index is 1240. The first-order valence-corrected chi connectivity index (χ1v) is 14.8. The van der Waals surface area contributed by atoms with Crippen molar-refractivity contribution in [1.29, 1.82) is 0 Å². The third kappa shape index (κ3) is 8.59. The number of aliphatic hydroxyl groups is 1. The molecule has 0 bridgehead atoms. The number of nitrogens with one attached hydrogen (secondary N) is 2. The maximum Gasteiger partial charge on any atom is 0.306 e. The molecule has 1 saturated heterocycles. The highest BCUT2D eigenvalue weighted by molar-refractivity contribution is 7.13. The number of carbonyl (C=O) groups is 4. The van der Waals surface area contributed by atoms with Gasteiger partial charge in [0.2, 0.25) is 17.7 Å². The maximum absolute atomic E-state index is 13.4.